The Morgan fingerprint density at radius 3 is 2.88 bits per heavy atom. The highest BCUT2D eigenvalue weighted by Gasteiger charge is 2.43. The summed E-state index contributed by atoms with van der Waals surface area (Å²) in [6.07, 6.45) is 1.08. The predicted molar refractivity (Wildman–Crippen MR) is 84.0 cm³/mol. The van der Waals surface area contributed by atoms with E-state index in [1.165, 1.54) is 24.3 Å². The van der Waals surface area contributed by atoms with Crippen molar-refractivity contribution >= 4 is 5.91 Å². The lowest BCUT2D eigenvalue weighted by molar-refractivity contribution is -0.0721. The zero-order chi connectivity index (χ0) is 17.7. The van der Waals surface area contributed by atoms with E-state index in [1.54, 1.807) is 4.90 Å². The molecule has 24 heavy (non-hydrogen) atoms. The first-order valence-corrected chi connectivity index (χ1v) is 8.05. The molecule has 1 heterocycles. The van der Waals surface area contributed by atoms with Gasteiger partial charge in [0.2, 0.25) is 0 Å². The number of benzene rings is 1. The molecule has 0 spiro atoms. The Morgan fingerprint density at radius 2 is 2.25 bits per heavy atom. The highest BCUT2D eigenvalue weighted by Crippen LogP contribution is 2.35. The summed E-state index contributed by atoms with van der Waals surface area (Å²) in [4.78, 5) is 14.2. The van der Waals surface area contributed by atoms with Crippen LogP contribution in [0.15, 0.2) is 24.3 Å². The van der Waals surface area contributed by atoms with Crippen molar-refractivity contribution in [3.63, 3.8) is 0 Å². The van der Waals surface area contributed by atoms with Crippen LogP contribution in [0.1, 0.15) is 36.5 Å². The molecule has 0 unspecified atom stereocenters. The van der Waals surface area contributed by atoms with Gasteiger partial charge in [-0.2, -0.15) is 8.78 Å². The molecular weight excluding hydrogens is 320 g/mol. The van der Waals surface area contributed by atoms with Gasteiger partial charge < -0.3 is 19.8 Å². The molecule has 0 saturated carbocycles. The molecule has 1 fully saturated rings. The fourth-order valence-electron chi connectivity index (χ4n) is 3.29. The summed E-state index contributed by atoms with van der Waals surface area (Å²) in [7, 11) is 0. The van der Waals surface area contributed by atoms with Crippen molar-refractivity contribution in [1.82, 2.24) is 4.90 Å². The number of carbonyl (C=O) groups excluding carboxylic acids is 1. The van der Waals surface area contributed by atoms with Crippen molar-refractivity contribution in [2.75, 3.05) is 19.7 Å². The molecule has 1 saturated heterocycles. The van der Waals surface area contributed by atoms with Crippen LogP contribution in [0.5, 0.6) is 5.75 Å². The van der Waals surface area contributed by atoms with E-state index in [-0.39, 0.29) is 30.4 Å². The minimum Gasteiger partial charge on any atom is -0.435 e. The molecule has 2 N–H and O–H groups in total. The highest BCUT2D eigenvalue weighted by molar-refractivity contribution is 5.94. The van der Waals surface area contributed by atoms with Crippen molar-refractivity contribution < 1.29 is 28.5 Å². The normalized spacial score (nSPS) is 24.2. The Labute approximate surface area is 139 Å². The Morgan fingerprint density at radius 1 is 1.50 bits per heavy atom. The number of piperidine rings is 1. The number of halogens is 2. The zero-order valence-corrected chi connectivity index (χ0v) is 13.6. The summed E-state index contributed by atoms with van der Waals surface area (Å²) >= 11 is 0. The van der Waals surface area contributed by atoms with Gasteiger partial charge in [-0.3, -0.25) is 4.79 Å². The number of amides is 1. The summed E-state index contributed by atoms with van der Waals surface area (Å²) in [5, 5.41) is 20.0. The third-order valence-electron chi connectivity index (χ3n) is 4.54. The average Bonchev–Trinajstić information content (AvgIpc) is 2.56. The standard InChI is InChI=1S/C17H23F2NO4/c1-2-7-17(11-21)10-20(8-6-14(17)22)15(23)12-4-3-5-13(9-12)24-16(18)19/h3-5,9,14,16,21-22H,2,6-8,10-11H2,1H3/t14-,17+/m1/s1. The second-order valence-corrected chi connectivity index (χ2v) is 6.21. The number of aliphatic hydroxyl groups is 2. The van der Waals surface area contributed by atoms with Gasteiger partial charge in [-0.15, -0.1) is 0 Å². The fourth-order valence-corrected chi connectivity index (χ4v) is 3.29. The minimum atomic E-state index is -2.95. The Hall–Kier alpha value is -1.73. The number of aliphatic hydroxyl groups excluding tert-OH is 2. The van der Waals surface area contributed by atoms with E-state index in [4.69, 9.17) is 0 Å². The molecular formula is C17H23F2NO4. The van der Waals surface area contributed by atoms with Crippen LogP contribution in [0.2, 0.25) is 0 Å². The zero-order valence-electron chi connectivity index (χ0n) is 13.6. The van der Waals surface area contributed by atoms with E-state index < -0.39 is 18.1 Å². The number of hydrogen-bond acceptors (Lipinski definition) is 4. The Kier molecular flexibility index (Phi) is 6.12. The molecule has 1 aromatic carbocycles. The van der Waals surface area contributed by atoms with E-state index in [0.717, 1.165) is 6.42 Å². The van der Waals surface area contributed by atoms with Crippen LogP contribution in [0.4, 0.5) is 8.78 Å². The van der Waals surface area contributed by atoms with Gasteiger partial charge in [-0.25, -0.2) is 0 Å². The first kappa shape index (κ1) is 18.6. The van der Waals surface area contributed by atoms with Crippen LogP contribution >= 0.6 is 0 Å². The molecule has 1 aromatic rings. The molecule has 0 aliphatic carbocycles. The van der Waals surface area contributed by atoms with E-state index in [9.17, 15) is 23.8 Å². The van der Waals surface area contributed by atoms with Crippen molar-refractivity contribution in [2.24, 2.45) is 5.41 Å². The van der Waals surface area contributed by atoms with Gasteiger partial charge in [-0.05, 0) is 31.0 Å². The monoisotopic (exact) mass is 343 g/mol. The highest BCUT2D eigenvalue weighted by atomic mass is 19.3. The summed E-state index contributed by atoms with van der Waals surface area (Å²) in [6, 6.07) is 5.65. The SMILES string of the molecule is CCC[C@@]1(CO)CN(C(=O)c2cccc(OC(F)F)c2)CC[C@H]1O. The van der Waals surface area contributed by atoms with E-state index >= 15 is 0 Å². The molecule has 2 rings (SSSR count). The van der Waals surface area contributed by atoms with Gasteiger partial charge in [-0.1, -0.05) is 19.4 Å². The van der Waals surface area contributed by atoms with E-state index in [2.05, 4.69) is 4.74 Å². The maximum atomic E-state index is 12.7. The predicted octanol–water partition coefficient (Wildman–Crippen LogP) is 2.27. The van der Waals surface area contributed by atoms with Crippen LogP contribution in [0.3, 0.4) is 0 Å². The molecule has 134 valence electrons. The van der Waals surface area contributed by atoms with E-state index in [1.807, 2.05) is 6.92 Å². The van der Waals surface area contributed by atoms with Gasteiger partial charge in [0.1, 0.15) is 5.75 Å². The number of ether oxygens (including phenoxy) is 1. The van der Waals surface area contributed by atoms with Crippen molar-refractivity contribution in [1.29, 1.82) is 0 Å². The Balaban J connectivity index is 2.17. The lowest BCUT2D eigenvalue weighted by atomic mass is 9.74. The fraction of sp³-hybridized carbons (Fsp3) is 0.588. The minimum absolute atomic E-state index is 0.0742. The summed E-state index contributed by atoms with van der Waals surface area (Å²) in [5.74, 6) is -0.398. The van der Waals surface area contributed by atoms with Crippen molar-refractivity contribution in [3.8, 4) is 5.75 Å². The van der Waals surface area contributed by atoms with Gasteiger partial charge in [0, 0.05) is 24.1 Å². The smallest absolute Gasteiger partial charge is 0.387 e. The van der Waals surface area contributed by atoms with E-state index in [0.29, 0.717) is 19.4 Å². The molecule has 1 aliphatic rings. The van der Waals surface area contributed by atoms with Gasteiger partial charge in [0.15, 0.2) is 0 Å². The molecule has 0 radical (unpaired) electrons. The number of likely N-dealkylation sites (tertiary alicyclic amines) is 1. The molecule has 7 heteroatoms. The Bertz CT molecular complexity index is 569. The average molecular weight is 343 g/mol. The maximum Gasteiger partial charge on any atom is 0.387 e. The number of alkyl halides is 2. The maximum absolute atomic E-state index is 12.7. The quantitative estimate of drug-likeness (QED) is 0.831. The van der Waals surface area contributed by atoms with Gasteiger partial charge >= 0.3 is 6.61 Å². The molecule has 1 amide bonds. The van der Waals surface area contributed by atoms with Crippen LogP contribution in [-0.2, 0) is 0 Å². The molecule has 1 aliphatic heterocycles. The lowest BCUT2D eigenvalue weighted by Gasteiger charge is -2.45. The number of rotatable bonds is 6. The third kappa shape index (κ3) is 4.02. The second kappa shape index (κ2) is 7.90. The van der Waals surface area contributed by atoms with Gasteiger partial charge in [0.25, 0.3) is 5.91 Å². The molecule has 5 nitrogen and oxygen atoms in total. The summed E-state index contributed by atoms with van der Waals surface area (Å²) in [6.45, 7) is -0.619. The van der Waals surface area contributed by atoms with Crippen molar-refractivity contribution in [2.45, 2.75) is 38.9 Å². The molecule has 0 bridgehead atoms. The largest absolute Gasteiger partial charge is 0.435 e. The second-order valence-electron chi connectivity index (χ2n) is 6.21. The van der Waals surface area contributed by atoms with Crippen LogP contribution in [-0.4, -0.2) is 53.4 Å². The van der Waals surface area contributed by atoms with Crippen LogP contribution < -0.4 is 4.74 Å². The summed E-state index contributed by atoms with van der Waals surface area (Å²) < 4.78 is 28.9. The topological polar surface area (TPSA) is 70.0 Å². The molecule has 2 atom stereocenters. The summed E-state index contributed by atoms with van der Waals surface area (Å²) in [5.41, 5.74) is -0.493. The van der Waals surface area contributed by atoms with Crippen LogP contribution in [0, 0.1) is 5.41 Å². The number of carbonyl (C=O) groups is 1. The number of hydrogen-bond donors (Lipinski definition) is 2. The number of nitrogens with zero attached hydrogens (tertiary/aromatic N) is 1. The molecule has 0 aromatic heterocycles. The van der Waals surface area contributed by atoms with Gasteiger partial charge in [0.05, 0.1) is 12.7 Å². The first-order chi connectivity index (χ1) is 11.4. The first-order valence-electron chi connectivity index (χ1n) is 8.05. The van der Waals surface area contributed by atoms with Crippen LogP contribution in [0.25, 0.3) is 0 Å². The third-order valence-corrected chi connectivity index (χ3v) is 4.54. The van der Waals surface area contributed by atoms with Crippen molar-refractivity contribution in [3.05, 3.63) is 29.8 Å². The lowest BCUT2D eigenvalue weighted by Crippen LogP contribution is -2.55.